The van der Waals surface area contributed by atoms with E-state index in [0.717, 1.165) is 30.0 Å². The van der Waals surface area contributed by atoms with Crippen LogP contribution in [0.25, 0.3) is 0 Å². The van der Waals surface area contributed by atoms with E-state index >= 15 is 0 Å². The molecule has 1 saturated carbocycles. The van der Waals surface area contributed by atoms with Crippen LogP contribution in [0.1, 0.15) is 30.7 Å². The maximum atomic E-state index is 9.79. The zero-order valence-electron chi connectivity index (χ0n) is 9.94. The lowest BCUT2D eigenvalue weighted by molar-refractivity contribution is 0.141. The Bertz CT molecular complexity index is 361. The zero-order chi connectivity index (χ0) is 11.5. The second-order valence-corrected chi connectivity index (χ2v) is 4.58. The van der Waals surface area contributed by atoms with Crippen molar-refractivity contribution in [2.75, 3.05) is 7.11 Å². The minimum absolute atomic E-state index is 0.145. The highest BCUT2D eigenvalue weighted by atomic mass is 16.5. The van der Waals surface area contributed by atoms with Crippen LogP contribution in [0.5, 0.6) is 5.75 Å². The average molecular weight is 221 g/mol. The molecular weight excluding hydrogens is 202 g/mol. The fraction of sp³-hybridized carbons (Fsp3) is 0.615. The highest BCUT2D eigenvalue weighted by Gasteiger charge is 2.29. The number of methoxy groups -OCH3 is 1. The van der Waals surface area contributed by atoms with E-state index < -0.39 is 0 Å². The van der Waals surface area contributed by atoms with Gasteiger partial charge in [0.25, 0.3) is 0 Å². The van der Waals surface area contributed by atoms with Crippen LogP contribution >= 0.6 is 0 Å². The van der Waals surface area contributed by atoms with Crippen LogP contribution in [-0.4, -0.2) is 23.3 Å². The van der Waals surface area contributed by atoms with Crippen molar-refractivity contribution in [2.45, 2.75) is 38.7 Å². The summed E-state index contributed by atoms with van der Waals surface area (Å²) in [4.78, 5) is 4.44. The first-order chi connectivity index (χ1) is 7.69. The number of aromatic nitrogens is 1. The second-order valence-electron chi connectivity index (χ2n) is 4.58. The van der Waals surface area contributed by atoms with Gasteiger partial charge >= 0.3 is 0 Å². The Hall–Kier alpha value is -1.09. The molecule has 0 spiro atoms. The summed E-state index contributed by atoms with van der Waals surface area (Å²) in [5.41, 5.74) is 1.98. The summed E-state index contributed by atoms with van der Waals surface area (Å²) in [5, 5.41) is 9.79. The molecule has 88 valence electrons. The number of ether oxygens (including phenoxy) is 1. The minimum Gasteiger partial charge on any atom is -0.497 e. The third-order valence-electron chi connectivity index (χ3n) is 3.08. The van der Waals surface area contributed by atoms with Crippen molar-refractivity contribution in [1.82, 2.24) is 4.98 Å². The predicted octanol–water partition coefficient (Wildman–Crippen LogP) is 2.10. The molecule has 0 aromatic carbocycles. The molecule has 1 N–H and O–H groups in total. The van der Waals surface area contributed by atoms with E-state index in [2.05, 4.69) is 4.98 Å². The number of hydrogen-bond donors (Lipinski definition) is 1. The molecule has 0 amide bonds. The summed E-state index contributed by atoms with van der Waals surface area (Å²) in [5.74, 6) is 1.40. The van der Waals surface area contributed by atoms with Gasteiger partial charge in [-0.15, -0.1) is 0 Å². The first-order valence-electron chi connectivity index (χ1n) is 5.88. The van der Waals surface area contributed by atoms with Gasteiger partial charge in [-0.3, -0.25) is 4.98 Å². The van der Waals surface area contributed by atoms with Crippen molar-refractivity contribution in [2.24, 2.45) is 5.92 Å². The van der Waals surface area contributed by atoms with Gasteiger partial charge in [-0.1, -0.05) is 0 Å². The summed E-state index contributed by atoms with van der Waals surface area (Å²) in [6, 6.07) is 3.87. The second kappa shape index (κ2) is 4.83. The SMILES string of the molecule is COc1cc(C)nc(CCC(O)C2CC2)c1. The van der Waals surface area contributed by atoms with E-state index in [4.69, 9.17) is 4.74 Å². The summed E-state index contributed by atoms with van der Waals surface area (Å²) in [6.45, 7) is 1.96. The molecule has 3 nitrogen and oxygen atoms in total. The summed E-state index contributed by atoms with van der Waals surface area (Å²) >= 11 is 0. The fourth-order valence-electron chi connectivity index (χ4n) is 1.96. The molecule has 1 aliphatic rings. The maximum absolute atomic E-state index is 9.79. The van der Waals surface area contributed by atoms with Gasteiger partial charge in [0.2, 0.25) is 0 Å². The lowest BCUT2D eigenvalue weighted by Gasteiger charge is -2.09. The van der Waals surface area contributed by atoms with Crippen molar-refractivity contribution in [3.05, 3.63) is 23.5 Å². The molecule has 0 saturated heterocycles. The van der Waals surface area contributed by atoms with Crippen molar-refractivity contribution >= 4 is 0 Å². The Kier molecular flexibility index (Phi) is 3.44. The number of aliphatic hydroxyl groups excluding tert-OH is 1. The van der Waals surface area contributed by atoms with Crippen LogP contribution in [0.4, 0.5) is 0 Å². The molecule has 1 heterocycles. The van der Waals surface area contributed by atoms with Gasteiger partial charge in [0.05, 0.1) is 13.2 Å². The third-order valence-corrected chi connectivity index (χ3v) is 3.08. The molecule has 1 aromatic heterocycles. The van der Waals surface area contributed by atoms with Gasteiger partial charge in [0.15, 0.2) is 0 Å². The Labute approximate surface area is 96.5 Å². The largest absolute Gasteiger partial charge is 0.497 e. The number of pyridine rings is 1. The van der Waals surface area contributed by atoms with E-state index in [1.54, 1.807) is 7.11 Å². The number of aliphatic hydroxyl groups is 1. The topological polar surface area (TPSA) is 42.4 Å². The monoisotopic (exact) mass is 221 g/mol. The quantitative estimate of drug-likeness (QED) is 0.828. The fourth-order valence-corrected chi connectivity index (χ4v) is 1.96. The van der Waals surface area contributed by atoms with Crippen LogP contribution in [0.3, 0.4) is 0 Å². The molecule has 1 aromatic rings. The van der Waals surface area contributed by atoms with E-state index in [9.17, 15) is 5.11 Å². The minimum atomic E-state index is -0.145. The molecule has 1 aliphatic carbocycles. The normalized spacial score (nSPS) is 17.2. The molecular formula is C13H19NO2. The number of rotatable bonds is 5. The maximum Gasteiger partial charge on any atom is 0.122 e. The third kappa shape index (κ3) is 2.95. The van der Waals surface area contributed by atoms with Crippen LogP contribution in [0, 0.1) is 12.8 Å². The van der Waals surface area contributed by atoms with Gasteiger partial charge < -0.3 is 9.84 Å². The van der Waals surface area contributed by atoms with E-state index in [-0.39, 0.29) is 6.10 Å². The molecule has 1 fully saturated rings. The van der Waals surface area contributed by atoms with Gasteiger partial charge in [-0.25, -0.2) is 0 Å². The molecule has 0 radical (unpaired) electrons. The molecule has 3 heteroatoms. The lowest BCUT2D eigenvalue weighted by Crippen LogP contribution is -2.10. The van der Waals surface area contributed by atoms with Crippen molar-refractivity contribution in [3.8, 4) is 5.75 Å². The Balaban J connectivity index is 1.94. The molecule has 1 atom stereocenters. The van der Waals surface area contributed by atoms with Crippen LogP contribution < -0.4 is 4.74 Å². The Morgan fingerprint density at radius 3 is 2.88 bits per heavy atom. The average Bonchev–Trinajstić information content (AvgIpc) is 3.08. The summed E-state index contributed by atoms with van der Waals surface area (Å²) in [7, 11) is 1.66. The zero-order valence-corrected chi connectivity index (χ0v) is 9.94. The highest BCUT2D eigenvalue weighted by Crippen LogP contribution is 2.34. The van der Waals surface area contributed by atoms with E-state index in [0.29, 0.717) is 5.92 Å². The Morgan fingerprint density at radius 1 is 1.50 bits per heavy atom. The first-order valence-corrected chi connectivity index (χ1v) is 5.88. The van der Waals surface area contributed by atoms with Crippen molar-refractivity contribution in [1.29, 1.82) is 0 Å². The van der Waals surface area contributed by atoms with Crippen LogP contribution in [0.2, 0.25) is 0 Å². The smallest absolute Gasteiger partial charge is 0.122 e. The first kappa shape index (κ1) is 11.4. The molecule has 0 aliphatic heterocycles. The van der Waals surface area contributed by atoms with E-state index in [1.165, 1.54) is 12.8 Å². The van der Waals surface area contributed by atoms with Crippen LogP contribution in [-0.2, 0) is 6.42 Å². The molecule has 2 rings (SSSR count). The predicted molar refractivity (Wildman–Crippen MR) is 62.6 cm³/mol. The van der Waals surface area contributed by atoms with Gasteiger partial charge in [-0.2, -0.15) is 0 Å². The number of hydrogen-bond acceptors (Lipinski definition) is 3. The number of aryl methyl sites for hydroxylation is 2. The van der Waals surface area contributed by atoms with Crippen LogP contribution in [0.15, 0.2) is 12.1 Å². The van der Waals surface area contributed by atoms with E-state index in [1.807, 2.05) is 19.1 Å². The Morgan fingerprint density at radius 2 is 2.25 bits per heavy atom. The standard InChI is InChI=1S/C13H19NO2/c1-9-7-12(16-2)8-11(14-9)5-6-13(15)10-3-4-10/h7-8,10,13,15H,3-6H2,1-2H3. The lowest BCUT2D eigenvalue weighted by atomic mass is 10.1. The molecule has 1 unspecified atom stereocenters. The molecule has 16 heavy (non-hydrogen) atoms. The number of nitrogens with zero attached hydrogens (tertiary/aromatic N) is 1. The van der Waals surface area contributed by atoms with Gasteiger partial charge in [0.1, 0.15) is 5.75 Å². The summed E-state index contributed by atoms with van der Waals surface area (Å²) in [6.07, 6.45) is 3.87. The van der Waals surface area contributed by atoms with Crippen molar-refractivity contribution < 1.29 is 9.84 Å². The summed E-state index contributed by atoms with van der Waals surface area (Å²) < 4.78 is 5.20. The van der Waals surface area contributed by atoms with Crippen molar-refractivity contribution in [3.63, 3.8) is 0 Å². The molecule has 0 bridgehead atoms. The van der Waals surface area contributed by atoms with Gasteiger partial charge in [-0.05, 0) is 38.5 Å². The van der Waals surface area contributed by atoms with Gasteiger partial charge in [0, 0.05) is 23.5 Å². The highest BCUT2D eigenvalue weighted by molar-refractivity contribution is 5.26.